The van der Waals surface area contributed by atoms with E-state index in [0.717, 1.165) is 17.8 Å². The van der Waals surface area contributed by atoms with Gasteiger partial charge in [0.05, 0.1) is 35.3 Å². The van der Waals surface area contributed by atoms with Crippen molar-refractivity contribution in [3.05, 3.63) is 17.7 Å². The molecule has 0 saturated carbocycles. The monoisotopic (exact) mass is 298 g/mol. The predicted molar refractivity (Wildman–Crippen MR) is 72.7 cm³/mol. The SMILES string of the molecule is O=C(NC1CCCS(=O)(=O)C1)C1Cc2nc[nH]c2CN1. The molecule has 2 unspecified atom stereocenters. The molecule has 0 aromatic carbocycles. The zero-order chi connectivity index (χ0) is 14.2. The van der Waals surface area contributed by atoms with Crippen LogP contribution < -0.4 is 10.6 Å². The number of hydrogen-bond donors (Lipinski definition) is 3. The van der Waals surface area contributed by atoms with E-state index in [0.29, 0.717) is 19.4 Å². The van der Waals surface area contributed by atoms with Gasteiger partial charge in [0, 0.05) is 19.0 Å². The lowest BCUT2D eigenvalue weighted by atomic mass is 10.0. The third-order valence-corrected chi connectivity index (χ3v) is 5.68. The lowest BCUT2D eigenvalue weighted by Gasteiger charge is -2.27. The van der Waals surface area contributed by atoms with Gasteiger partial charge in [0.2, 0.25) is 5.91 Å². The summed E-state index contributed by atoms with van der Waals surface area (Å²) in [5.41, 5.74) is 1.91. The molecule has 3 heterocycles. The van der Waals surface area contributed by atoms with E-state index < -0.39 is 9.84 Å². The maximum absolute atomic E-state index is 12.2. The quantitative estimate of drug-likeness (QED) is 0.657. The van der Waals surface area contributed by atoms with Gasteiger partial charge in [-0.1, -0.05) is 0 Å². The molecule has 2 atom stereocenters. The summed E-state index contributed by atoms with van der Waals surface area (Å²) in [5, 5.41) is 5.99. The van der Waals surface area contributed by atoms with Crippen LogP contribution in [0.25, 0.3) is 0 Å². The van der Waals surface area contributed by atoms with E-state index in [9.17, 15) is 13.2 Å². The fourth-order valence-corrected chi connectivity index (χ4v) is 4.43. The Balaban J connectivity index is 1.60. The molecule has 2 aliphatic rings. The maximum atomic E-state index is 12.2. The number of rotatable bonds is 2. The molecule has 20 heavy (non-hydrogen) atoms. The maximum Gasteiger partial charge on any atom is 0.237 e. The number of nitrogens with zero attached hydrogens (tertiary/aromatic N) is 1. The van der Waals surface area contributed by atoms with Crippen LogP contribution in [0.3, 0.4) is 0 Å². The molecule has 1 saturated heterocycles. The number of amides is 1. The van der Waals surface area contributed by atoms with Crippen molar-refractivity contribution in [3.8, 4) is 0 Å². The van der Waals surface area contributed by atoms with Crippen LogP contribution >= 0.6 is 0 Å². The number of aromatic nitrogens is 2. The second-order valence-electron chi connectivity index (χ2n) is 5.43. The summed E-state index contributed by atoms with van der Waals surface area (Å²) in [5.74, 6) is 0.150. The number of carbonyl (C=O) groups is 1. The molecule has 1 amide bonds. The van der Waals surface area contributed by atoms with Crippen molar-refractivity contribution in [2.75, 3.05) is 11.5 Å². The number of H-pyrrole nitrogens is 1. The molecule has 1 aromatic rings. The smallest absolute Gasteiger partial charge is 0.237 e. The number of carbonyl (C=O) groups excluding carboxylic acids is 1. The van der Waals surface area contributed by atoms with E-state index in [1.54, 1.807) is 6.33 Å². The van der Waals surface area contributed by atoms with E-state index in [2.05, 4.69) is 20.6 Å². The lowest BCUT2D eigenvalue weighted by Crippen LogP contribution is -2.52. The number of hydrogen-bond acceptors (Lipinski definition) is 5. The van der Waals surface area contributed by atoms with Crippen LogP contribution in [-0.4, -0.2) is 47.9 Å². The zero-order valence-electron chi connectivity index (χ0n) is 11.1. The minimum absolute atomic E-state index is 0.0547. The van der Waals surface area contributed by atoms with E-state index in [4.69, 9.17) is 0 Å². The first-order valence-corrected chi connectivity index (χ1v) is 8.61. The molecule has 1 fully saturated rings. The van der Waals surface area contributed by atoms with Crippen molar-refractivity contribution in [3.63, 3.8) is 0 Å². The fraction of sp³-hybridized carbons (Fsp3) is 0.667. The minimum atomic E-state index is -3.00. The van der Waals surface area contributed by atoms with E-state index in [1.807, 2.05) is 0 Å². The molecule has 0 bridgehead atoms. The summed E-state index contributed by atoms with van der Waals surface area (Å²) in [4.78, 5) is 19.4. The molecular formula is C12H18N4O3S. The van der Waals surface area contributed by atoms with Gasteiger partial charge >= 0.3 is 0 Å². The first-order chi connectivity index (χ1) is 9.53. The van der Waals surface area contributed by atoms with Gasteiger partial charge in [0.1, 0.15) is 0 Å². The Bertz CT molecular complexity index is 610. The molecule has 0 spiro atoms. The third kappa shape index (κ3) is 2.85. The summed E-state index contributed by atoms with van der Waals surface area (Å²) < 4.78 is 23.1. The number of nitrogens with one attached hydrogen (secondary N) is 3. The first-order valence-electron chi connectivity index (χ1n) is 6.79. The molecule has 1 aromatic heterocycles. The molecule has 2 aliphatic heterocycles. The van der Waals surface area contributed by atoms with Crippen LogP contribution in [0, 0.1) is 0 Å². The fourth-order valence-electron chi connectivity index (χ4n) is 2.79. The Morgan fingerprint density at radius 2 is 2.30 bits per heavy atom. The Kier molecular flexibility index (Phi) is 3.51. The van der Waals surface area contributed by atoms with Crippen LogP contribution in [0.1, 0.15) is 24.2 Å². The van der Waals surface area contributed by atoms with Gasteiger partial charge in [0.25, 0.3) is 0 Å². The second kappa shape index (κ2) is 5.17. The van der Waals surface area contributed by atoms with E-state index >= 15 is 0 Å². The number of imidazole rings is 1. The normalized spacial score (nSPS) is 28.6. The van der Waals surface area contributed by atoms with E-state index in [-0.39, 0.29) is 29.5 Å². The van der Waals surface area contributed by atoms with Gasteiger partial charge in [-0.2, -0.15) is 0 Å². The van der Waals surface area contributed by atoms with Crippen molar-refractivity contribution in [2.24, 2.45) is 0 Å². The molecule has 3 rings (SSSR count). The number of fused-ring (bicyclic) bond motifs is 1. The molecular weight excluding hydrogens is 280 g/mol. The number of aromatic amines is 1. The van der Waals surface area contributed by atoms with Gasteiger partial charge in [0.15, 0.2) is 9.84 Å². The van der Waals surface area contributed by atoms with Gasteiger partial charge in [-0.05, 0) is 12.8 Å². The van der Waals surface area contributed by atoms with Gasteiger partial charge in [-0.3, -0.25) is 10.1 Å². The second-order valence-corrected chi connectivity index (χ2v) is 7.66. The summed E-state index contributed by atoms with van der Waals surface area (Å²) in [7, 11) is -3.00. The highest BCUT2D eigenvalue weighted by Crippen LogP contribution is 2.15. The van der Waals surface area contributed by atoms with Gasteiger partial charge in [-0.15, -0.1) is 0 Å². The van der Waals surface area contributed by atoms with E-state index in [1.165, 1.54) is 0 Å². The van der Waals surface area contributed by atoms with Crippen molar-refractivity contribution < 1.29 is 13.2 Å². The Labute approximate surface area is 117 Å². The Morgan fingerprint density at radius 3 is 3.10 bits per heavy atom. The summed E-state index contributed by atoms with van der Waals surface area (Å²) in [6.07, 6.45) is 3.50. The molecule has 110 valence electrons. The largest absolute Gasteiger partial charge is 0.351 e. The van der Waals surface area contributed by atoms with Crippen LogP contribution in [-0.2, 0) is 27.6 Å². The van der Waals surface area contributed by atoms with Crippen molar-refractivity contribution >= 4 is 15.7 Å². The lowest BCUT2D eigenvalue weighted by molar-refractivity contribution is -0.124. The van der Waals surface area contributed by atoms with Crippen molar-refractivity contribution in [1.82, 2.24) is 20.6 Å². The zero-order valence-corrected chi connectivity index (χ0v) is 11.9. The highest BCUT2D eigenvalue weighted by atomic mass is 32.2. The number of sulfone groups is 1. The molecule has 7 nitrogen and oxygen atoms in total. The average Bonchev–Trinajstić information content (AvgIpc) is 2.84. The van der Waals surface area contributed by atoms with Gasteiger partial charge < -0.3 is 10.3 Å². The third-order valence-electron chi connectivity index (χ3n) is 3.86. The standard InChI is InChI=1S/C12H18N4O3S/c17-12(16-8-2-1-3-20(18,19)6-8)10-4-9-11(5-13-10)15-7-14-9/h7-8,10,13H,1-6H2,(H,14,15)(H,16,17). The van der Waals surface area contributed by atoms with Crippen LogP contribution in [0.5, 0.6) is 0 Å². The molecule has 0 aliphatic carbocycles. The highest BCUT2D eigenvalue weighted by Gasteiger charge is 2.30. The molecule has 0 radical (unpaired) electrons. The van der Waals surface area contributed by atoms with Crippen LogP contribution in [0.4, 0.5) is 0 Å². The van der Waals surface area contributed by atoms with Crippen LogP contribution in [0.2, 0.25) is 0 Å². The van der Waals surface area contributed by atoms with Crippen LogP contribution in [0.15, 0.2) is 6.33 Å². The molecule has 8 heteroatoms. The highest BCUT2D eigenvalue weighted by molar-refractivity contribution is 7.91. The summed E-state index contributed by atoms with van der Waals surface area (Å²) in [6.45, 7) is 0.580. The summed E-state index contributed by atoms with van der Waals surface area (Å²) in [6, 6.07) is -0.598. The predicted octanol–water partition coefficient (Wildman–Crippen LogP) is -0.883. The Hall–Kier alpha value is -1.41. The average molecular weight is 298 g/mol. The minimum Gasteiger partial charge on any atom is -0.351 e. The topological polar surface area (TPSA) is 104 Å². The van der Waals surface area contributed by atoms with Gasteiger partial charge in [-0.25, -0.2) is 13.4 Å². The Morgan fingerprint density at radius 1 is 1.45 bits per heavy atom. The molecule has 3 N–H and O–H groups in total. The van der Waals surface area contributed by atoms with Crippen molar-refractivity contribution in [2.45, 2.75) is 37.9 Å². The van der Waals surface area contributed by atoms with Crippen molar-refractivity contribution in [1.29, 1.82) is 0 Å². The summed E-state index contributed by atoms with van der Waals surface area (Å²) >= 11 is 0. The first kappa shape index (κ1) is 13.6.